The topological polar surface area (TPSA) is 96.5 Å². The van der Waals surface area contributed by atoms with Crippen LogP contribution in [0.1, 0.15) is 27.6 Å². The van der Waals surface area contributed by atoms with Gasteiger partial charge in [-0.2, -0.15) is 0 Å². The molecule has 0 aliphatic rings. The van der Waals surface area contributed by atoms with E-state index in [0.717, 1.165) is 0 Å². The van der Waals surface area contributed by atoms with Gasteiger partial charge in [-0.25, -0.2) is 0 Å². The smallest absolute Gasteiger partial charge is 0.269 e. The second-order valence-corrected chi connectivity index (χ2v) is 4.98. The number of amides is 3. The molecule has 3 N–H and O–H groups in total. The third kappa shape index (κ3) is 5.35. The molecule has 0 unspecified atom stereocenters. The highest BCUT2D eigenvalue weighted by molar-refractivity contribution is 5.99. The first-order valence-electron chi connectivity index (χ1n) is 7.76. The Kier molecular flexibility index (Phi) is 6.53. The Hall–Kier alpha value is -3.35. The van der Waals surface area contributed by atoms with Gasteiger partial charge in [-0.1, -0.05) is 30.3 Å². The molecule has 0 spiro atoms. The molecule has 2 aromatic rings. The Morgan fingerprint density at radius 3 is 2.28 bits per heavy atom. The van der Waals surface area contributed by atoms with Gasteiger partial charge < -0.3 is 10.1 Å². The lowest BCUT2D eigenvalue weighted by Crippen LogP contribution is -2.46. The van der Waals surface area contributed by atoms with Gasteiger partial charge in [-0.05, 0) is 31.2 Å². The fraction of sp³-hybridized carbons (Fsp3) is 0.167. The van der Waals surface area contributed by atoms with E-state index in [2.05, 4.69) is 16.2 Å². The minimum absolute atomic E-state index is 0.283. The monoisotopic (exact) mass is 341 g/mol. The van der Waals surface area contributed by atoms with E-state index in [1.54, 1.807) is 54.6 Å². The van der Waals surface area contributed by atoms with E-state index in [4.69, 9.17) is 4.74 Å². The Labute approximate surface area is 145 Å². The summed E-state index contributed by atoms with van der Waals surface area (Å²) in [7, 11) is 0. The van der Waals surface area contributed by atoms with Crippen molar-refractivity contribution in [3.8, 4) is 5.75 Å². The van der Waals surface area contributed by atoms with Gasteiger partial charge in [0.1, 0.15) is 5.75 Å². The average Bonchev–Trinajstić information content (AvgIpc) is 2.65. The lowest BCUT2D eigenvalue weighted by Gasteiger charge is -2.11. The minimum atomic E-state index is -0.550. The Morgan fingerprint density at radius 2 is 1.56 bits per heavy atom. The summed E-state index contributed by atoms with van der Waals surface area (Å²) in [6.45, 7) is 1.96. The molecule has 0 atom stereocenters. The van der Waals surface area contributed by atoms with E-state index >= 15 is 0 Å². The van der Waals surface area contributed by atoms with Gasteiger partial charge in [0, 0.05) is 5.56 Å². The molecule has 2 rings (SSSR count). The molecule has 2 aromatic carbocycles. The van der Waals surface area contributed by atoms with Gasteiger partial charge in [-0.3, -0.25) is 25.2 Å². The van der Waals surface area contributed by atoms with Crippen LogP contribution in [0.15, 0.2) is 54.6 Å². The zero-order valence-corrected chi connectivity index (χ0v) is 13.7. The molecule has 0 bridgehead atoms. The van der Waals surface area contributed by atoms with Crippen LogP contribution in [0.25, 0.3) is 0 Å². The van der Waals surface area contributed by atoms with Crippen molar-refractivity contribution in [2.75, 3.05) is 13.2 Å². The SMILES string of the molecule is CCOc1ccccc1C(=O)NCC(=O)NNC(=O)c1ccccc1. The summed E-state index contributed by atoms with van der Waals surface area (Å²) in [5, 5.41) is 2.48. The summed E-state index contributed by atoms with van der Waals surface area (Å²) in [5.41, 5.74) is 5.28. The molecule has 0 saturated heterocycles. The van der Waals surface area contributed by atoms with Crippen molar-refractivity contribution in [3.05, 3.63) is 65.7 Å². The van der Waals surface area contributed by atoms with Crippen LogP contribution in [-0.2, 0) is 4.79 Å². The summed E-state index contributed by atoms with van der Waals surface area (Å²) in [4.78, 5) is 35.7. The molecule has 0 aliphatic heterocycles. The zero-order valence-electron chi connectivity index (χ0n) is 13.7. The second-order valence-electron chi connectivity index (χ2n) is 4.98. The molecule has 7 nitrogen and oxygen atoms in total. The predicted molar refractivity (Wildman–Crippen MR) is 92.0 cm³/mol. The highest BCUT2D eigenvalue weighted by Gasteiger charge is 2.13. The van der Waals surface area contributed by atoms with Gasteiger partial charge in [0.05, 0.1) is 18.7 Å². The molecule has 130 valence electrons. The standard InChI is InChI=1S/C18H19N3O4/c1-2-25-15-11-7-6-10-14(15)18(24)19-12-16(22)20-21-17(23)13-8-4-3-5-9-13/h3-11H,2,12H2,1H3,(H,19,24)(H,20,22)(H,21,23). The summed E-state index contributed by atoms with van der Waals surface area (Å²) >= 11 is 0. The first-order chi connectivity index (χ1) is 12.1. The number of rotatable bonds is 6. The number of ether oxygens (including phenoxy) is 1. The van der Waals surface area contributed by atoms with Crippen molar-refractivity contribution in [1.29, 1.82) is 0 Å². The molecule has 0 aromatic heterocycles. The summed E-state index contributed by atoms with van der Waals surface area (Å²) in [6, 6.07) is 15.2. The van der Waals surface area contributed by atoms with Crippen LogP contribution in [0.5, 0.6) is 5.75 Å². The van der Waals surface area contributed by atoms with Gasteiger partial charge in [0.25, 0.3) is 17.7 Å². The molecule has 0 heterocycles. The Balaban J connectivity index is 1.82. The highest BCUT2D eigenvalue weighted by atomic mass is 16.5. The van der Waals surface area contributed by atoms with Crippen LogP contribution >= 0.6 is 0 Å². The first kappa shape index (κ1) is 18.0. The van der Waals surface area contributed by atoms with Crippen molar-refractivity contribution < 1.29 is 19.1 Å². The van der Waals surface area contributed by atoms with Gasteiger partial charge >= 0.3 is 0 Å². The quantitative estimate of drug-likeness (QED) is 0.690. The number of carbonyl (C=O) groups excluding carboxylic acids is 3. The third-order valence-electron chi connectivity index (χ3n) is 3.19. The van der Waals surface area contributed by atoms with Crippen molar-refractivity contribution >= 4 is 17.7 Å². The molecular formula is C18H19N3O4. The van der Waals surface area contributed by atoms with Crippen molar-refractivity contribution in [2.45, 2.75) is 6.92 Å². The van der Waals surface area contributed by atoms with Crippen LogP contribution in [0.2, 0.25) is 0 Å². The van der Waals surface area contributed by atoms with E-state index in [9.17, 15) is 14.4 Å². The molecule has 25 heavy (non-hydrogen) atoms. The summed E-state index contributed by atoms with van der Waals surface area (Å²) in [6.07, 6.45) is 0. The lowest BCUT2D eigenvalue weighted by atomic mass is 10.2. The Morgan fingerprint density at radius 1 is 0.880 bits per heavy atom. The normalized spacial score (nSPS) is 9.80. The molecular weight excluding hydrogens is 322 g/mol. The molecule has 3 amide bonds. The van der Waals surface area contributed by atoms with E-state index < -0.39 is 17.7 Å². The third-order valence-corrected chi connectivity index (χ3v) is 3.19. The largest absolute Gasteiger partial charge is 0.493 e. The number of carbonyl (C=O) groups is 3. The number of hydrogen-bond acceptors (Lipinski definition) is 4. The molecule has 0 fully saturated rings. The number of hydrogen-bond donors (Lipinski definition) is 3. The number of para-hydroxylation sites is 1. The molecule has 0 saturated carbocycles. The van der Waals surface area contributed by atoms with Crippen LogP contribution in [0.4, 0.5) is 0 Å². The first-order valence-corrected chi connectivity index (χ1v) is 7.76. The molecule has 0 radical (unpaired) electrons. The number of hydrazine groups is 1. The highest BCUT2D eigenvalue weighted by Crippen LogP contribution is 2.17. The summed E-state index contributed by atoms with van der Waals surface area (Å²) in [5.74, 6) is -0.984. The van der Waals surface area contributed by atoms with Crippen molar-refractivity contribution in [3.63, 3.8) is 0 Å². The number of nitrogens with one attached hydrogen (secondary N) is 3. The average molecular weight is 341 g/mol. The van der Waals surface area contributed by atoms with Crippen LogP contribution < -0.4 is 20.9 Å². The predicted octanol–water partition coefficient (Wildman–Crippen LogP) is 1.28. The zero-order chi connectivity index (χ0) is 18.1. The Bertz CT molecular complexity index is 747. The summed E-state index contributed by atoms with van der Waals surface area (Å²) < 4.78 is 5.37. The minimum Gasteiger partial charge on any atom is -0.493 e. The van der Waals surface area contributed by atoms with E-state index in [1.165, 1.54) is 0 Å². The van der Waals surface area contributed by atoms with Crippen LogP contribution in [0.3, 0.4) is 0 Å². The fourth-order valence-electron chi connectivity index (χ4n) is 2.02. The van der Waals surface area contributed by atoms with Crippen LogP contribution in [0, 0.1) is 0 Å². The van der Waals surface area contributed by atoms with Gasteiger partial charge in [-0.15, -0.1) is 0 Å². The lowest BCUT2D eigenvalue weighted by molar-refractivity contribution is -0.120. The maximum atomic E-state index is 12.1. The van der Waals surface area contributed by atoms with E-state index in [1.807, 2.05) is 6.92 Å². The fourth-order valence-corrected chi connectivity index (χ4v) is 2.02. The molecule has 0 aliphatic carbocycles. The second kappa shape index (κ2) is 9.07. The number of benzene rings is 2. The van der Waals surface area contributed by atoms with Crippen molar-refractivity contribution in [1.82, 2.24) is 16.2 Å². The maximum Gasteiger partial charge on any atom is 0.269 e. The van der Waals surface area contributed by atoms with E-state index in [-0.39, 0.29) is 6.54 Å². The van der Waals surface area contributed by atoms with E-state index in [0.29, 0.717) is 23.5 Å². The maximum absolute atomic E-state index is 12.1. The van der Waals surface area contributed by atoms with Gasteiger partial charge in [0.2, 0.25) is 0 Å². The molecule has 7 heteroatoms. The van der Waals surface area contributed by atoms with Crippen molar-refractivity contribution in [2.24, 2.45) is 0 Å². The van der Waals surface area contributed by atoms with Crippen LogP contribution in [-0.4, -0.2) is 30.9 Å². The van der Waals surface area contributed by atoms with Gasteiger partial charge in [0.15, 0.2) is 0 Å².